The first-order valence-corrected chi connectivity index (χ1v) is 3.50. The van der Waals surface area contributed by atoms with Crippen LogP contribution < -0.4 is 0 Å². The van der Waals surface area contributed by atoms with Gasteiger partial charge in [0.1, 0.15) is 0 Å². The molecule has 0 fully saturated rings. The van der Waals surface area contributed by atoms with Crippen molar-refractivity contribution >= 4 is 0 Å². The standard InChI is InChI=1S/C7H16O5/c1-9-6(10-2)5-7(8,11-3)12-4/h6,8H,5H2,1-4H3. The summed E-state index contributed by atoms with van der Waals surface area (Å²) in [4.78, 5) is 0. The molecule has 0 radical (unpaired) electrons. The number of rotatable bonds is 6. The lowest BCUT2D eigenvalue weighted by Gasteiger charge is -2.27. The second-order valence-electron chi connectivity index (χ2n) is 2.23. The van der Waals surface area contributed by atoms with Crippen molar-refractivity contribution in [2.24, 2.45) is 0 Å². The van der Waals surface area contributed by atoms with Gasteiger partial charge in [0, 0.05) is 28.4 Å². The number of ether oxygens (including phenoxy) is 4. The molecule has 0 aromatic rings. The zero-order valence-electron chi connectivity index (χ0n) is 7.86. The zero-order valence-corrected chi connectivity index (χ0v) is 7.86. The van der Waals surface area contributed by atoms with Gasteiger partial charge < -0.3 is 24.1 Å². The average Bonchev–Trinajstić information content (AvgIpc) is 2.14. The summed E-state index contributed by atoms with van der Waals surface area (Å²) < 4.78 is 19.1. The molecule has 74 valence electrons. The summed E-state index contributed by atoms with van der Waals surface area (Å²) in [5.74, 6) is -1.64. The molecular formula is C7H16O5. The molecule has 0 rings (SSSR count). The molecule has 0 aliphatic carbocycles. The maximum Gasteiger partial charge on any atom is 0.284 e. The second-order valence-corrected chi connectivity index (χ2v) is 2.23. The van der Waals surface area contributed by atoms with Gasteiger partial charge in [0.2, 0.25) is 0 Å². The van der Waals surface area contributed by atoms with E-state index >= 15 is 0 Å². The Labute approximate surface area is 72.2 Å². The fourth-order valence-corrected chi connectivity index (χ4v) is 0.724. The minimum Gasteiger partial charge on any atom is -0.356 e. The average molecular weight is 180 g/mol. The summed E-state index contributed by atoms with van der Waals surface area (Å²) in [6, 6.07) is 0. The van der Waals surface area contributed by atoms with Gasteiger partial charge in [-0.25, -0.2) is 0 Å². The Balaban J connectivity index is 3.99. The van der Waals surface area contributed by atoms with Gasteiger partial charge in [0.05, 0.1) is 6.42 Å². The van der Waals surface area contributed by atoms with E-state index in [9.17, 15) is 5.11 Å². The van der Waals surface area contributed by atoms with Crippen LogP contribution in [0.4, 0.5) is 0 Å². The van der Waals surface area contributed by atoms with Gasteiger partial charge >= 0.3 is 0 Å². The van der Waals surface area contributed by atoms with Crippen LogP contribution in [0.5, 0.6) is 0 Å². The number of aliphatic hydroxyl groups is 1. The highest BCUT2D eigenvalue weighted by molar-refractivity contribution is 4.55. The minimum atomic E-state index is -1.64. The first-order valence-electron chi connectivity index (χ1n) is 3.50. The highest BCUT2D eigenvalue weighted by Gasteiger charge is 2.30. The Morgan fingerprint density at radius 3 is 1.75 bits per heavy atom. The lowest BCUT2D eigenvalue weighted by atomic mass is 10.3. The highest BCUT2D eigenvalue weighted by Crippen LogP contribution is 2.16. The van der Waals surface area contributed by atoms with Gasteiger partial charge in [0.25, 0.3) is 5.97 Å². The monoisotopic (exact) mass is 180 g/mol. The van der Waals surface area contributed by atoms with Crippen molar-refractivity contribution < 1.29 is 24.1 Å². The quantitative estimate of drug-likeness (QED) is 0.580. The molecule has 0 bridgehead atoms. The molecule has 0 aliphatic heterocycles. The predicted molar refractivity (Wildman–Crippen MR) is 41.4 cm³/mol. The van der Waals surface area contributed by atoms with E-state index in [-0.39, 0.29) is 6.42 Å². The van der Waals surface area contributed by atoms with E-state index in [0.717, 1.165) is 0 Å². The van der Waals surface area contributed by atoms with Crippen LogP contribution in [0.3, 0.4) is 0 Å². The third kappa shape index (κ3) is 3.46. The topological polar surface area (TPSA) is 57.2 Å². The molecule has 0 amide bonds. The van der Waals surface area contributed by atoms with E-state index < -0.39 is 12.3 Å². The van der Waals surface area contributed by atoms with Gasteiger partial charge in [-0.2, -0.15) is 0 Å². The molecule has 0 aliphatic rings. The van der Waals surface area contributed by atoms with Crippen molar-refractivity contribution in [3.8, 4) is 0 Å². The van der Waals surface area contributed by atoms with E-state index in [4.69, 9.17) is 18.9 Å². The van der Waals surface area contributed by atoms with E-state index in [1.807, 2.05) is 0 Å². The first-order chi connectivity index (χ1) is 5.61. The smallest absolute Gasteiger partial charge is 0.284 e. The summed E-state index contributed by atoms with van der Waals surface area (Å²) in [7, 11) is 5.62. The molecule has 0 spiro atoms. The molecule has 1 N–H and O–H groups in total. The summed E-state index contributed by atoms with van der Waals surface area (Å²) in [6.07, 6.45) is -0.456. The largest absolute Gasteiger partial charge is 0.356 e. The van der Waals surface area contributed by atoms with Crippen molar-refractivity contribution in [2.45, 2.75) is 18.7 Å². The Morgan fingerprint density at radius 2 is 1.50 bits per heavy atom. The molecule has 0 heterocycles. The summed E-state index contributed by atoms with van der Waals surface area (Å²) >= 11 is 0. The lowest BCUT2D eigenvalue weighted by molar-refractivity contribution is -0.361. The Kier molecular flexibility index (Phi) is 5.36. The van der Waals surface area contributed by atoms with Crippen LogP contribution >= 0.6 is 0 Å². The van der Waals surface area contributed by atoms with Gasteiger partial charge in [-0.1, -0.05) is 0 Å². The second kappa shape index (κ2) is 5.45. The molecule has 0 atom stereocenters. The van der Waals surface area contributed by atoms with Crippen molar-refractivity contribution in [1.82, 2.24) is 0 Å². The van der Waals surface area contributed by atoms with Crippen LogP contribution in [0.25, 0.3) is 0 Å². The normalized spacial score (nSPS) is 12.5. The highest BCUT2D eigenvalue weighted by atomic mass is 16.8. The van der Waals surface area contributed by atoms with Gasteiger partial charge in [-0.05, 0) is 0 Å². The summed E-state index contributed by atoms with van der Waals surface area (Å²) in [5.41, 5.74) is 0. The van der Waals surface area contributed by atoms with Crippen LogP contribution in [0.2, 0.25) is 0 Å². The van der Waals surface area contributed by atoms with Crippen molar-refractivity contribution in [1.29, 1.82) is 0 Å². The van der Waals surface area contributed by atoms with Crippen molar-refractivity contribution in [3.63, 3.8) is 0 Å². The lowest BCUT2D eigenvalue weighted by Crippen LogP contribution is -2.38. The van der Waals surface area contributed by atoms with E-state index in [1.165, 1.54) is 28.4 Å². The van der Waals surface area contributed by atoms with Crippen LogP contribution in [-0.4, -0.2) is 45.8 Å². The molecule has 5 heteroatoms. The number of hydrogen-bond acceptors (Lipinski definition) is 5. The van der Waals surface area contributed by atoms with Crippen LogP contribution in [0.15, 0.2) is 0 Å². The maximum absolute atomic E-state index is 9.46. The van der Waals surface area contributed by atoms with E-state index in [1.54, 1.807) is 0 Å². The predicted octanol–water partition coefficient (Wildman–Crippen LogP) is -0.0657. The molecule has 0 aromatic carbocycles. The third-order valence-corrected chi connectivity index (χ3v) is 1.59. The first kappa shape index (κ1) is 11.8. The SMILES string of the molecule is COC(CC(O)(OC)OC)OC. The molecule has 5 nitrogen and oxygen atoms in total. The molecular weight excluding hydrogens is 164 g/mol. The Bertz CT molecular complexity index is 108. The Hall–Kier alpha value is -0.200. The van der Waals surface area contributed by atoms with E-state index in [2.05, 4.69) is 0 Å². The van der Waals surface area contributed by atoms with Crippen LogP contribution in [0, 0.1) is 0 Å². The Morgan fingerprint density at radius 1 is 1.08 bits per heavy atom. The minimum absolute atomic E-state index is 0.0903. The van der Waals surface area contributed by atoms with Crippen molar-refractivity contribution in [2.75, 3.05) is 28.4 Å². The fourth-order valence-electron chi connectivity index (χ4n) is 0.724. The fraction of sp³-hybridized carbons (Fsp3) is 1.00. The summed E-state index contributed by atoms with van der Waals surface area (Å²) in [5, 5.41) is 9.46. The zero-order chi connectivity index (χ0) is 9.61. The van der Waals surface area contributed by atoms with Gasteiger partial charge in [-0.15, -0.1) is 0 Å². The molecule has 0 unspecified atom stereocenters. The maximum atomic E-state index is 9.46. The third-order valence-electron chi connectivity index (χ3n) is 1.59. The molecule has 0 saturated carbocycles. The van der Waals surface area contributed by atoms with Gasteiger partial charge in [-0.3, -0.25) is 0 Å². The molecule has 0 aromatic heterocycles. The van der Waals surface area contributed by atoms with Gasteiger partial charge in [0.15, 0.2) is 6.29 Å². The number of methoxy groups -OCH3 is 4. The van der Waals surface area contributed by atoms with Crippen LogP contribution in [0.1, 0.15) is 6.42 Å². The van der Waals surface area contributed by atoms with Crippen molar-refractivity contribution in [3.05, 3.63) is 0 Å². The summed E-state index contributed by atoms with van der Waals surface area (Å²) in [6.45, 7) is 0. The van der Waals surface area contributed by atoms with Crippen LogP contribution in [-0.2, 0) is 18.9 Å². The number of hydrogen-bond donors (Lipinski definition) is 1. The van der Waals surface area contributed by atoms with E-state index in [0.29, 0.717) is 0 Å². The molecule has 12 heavy (non-hydrogen) atoms. The molecule has 0 saturated heterocycles.